The summed E-state index contributed by atoms with van der Waals surface area (Å²) in [7, 11) is 3.42. The minimum absolute atomic E-state index is 0.0913. The van der Waals surface area contributed by atoms with Gasteiger partial charge in [-0.25, -0.2) is 0 Å². The molecule has 4 rings (SSSR count). The van der Waals surface area contributed by atoms with Gasteiger partial charge in [0.1, 0.15) is 12.3 Å². The monoisotopic (exact) mass is 496 g/mol. The van der Waals surface area contributed by atoms with Crippen LogP contribution in [-0.4, -0.2) is 48.9 Å². The summed E-state index contributed by atoms with van der Waals surface area (Å²) in [6.45, 7) is 0.618. The number of halogens is 3. The van der Waals surface area contributed by atoms with Gasteiger partial charge in [-0.15, -0.1) is 5.12 Å². The molecule has 1 aliphatic heterocycles. The van der Waals surface area contributed by atoms with Gasteiger partial charge in [0.05, 0.1) is 16.9 Å². The topological polar surface area (TPSA) is 55.9 Å². The maximum atomic E-state index is 12.9. The number of hydrazine groups is 2. The van der Waals surface area contributed by atoms with Crippen molar-refractivity contribution < 1.29 is 22.8 Å². The summed E-state index contributed by atoms with van der Waals surface area (Å²) in [6, 6.07) is 19.3. The van der Waals surface area contributed by atoms with E-state index in [1.807, 2.05) is 47.5 Å². The van der Waals surface area contributed by atoms with E-state index < -0.39 is 17.8 Å². The number of carbonyl (C=O) groups excluding carboxylic acids is 2. The molecule has 0 spiro atoms. The van der Waals surface area contributed by atoms with Crippen LogP contribution in [0.2, 0.25) is 0 Å². The number of benzene rings is 3. The third kappa shape index (κ3) is 5.36. The van der Waals surface area contributed by atoms with E-state index in [2.05, 4.69) is 5.43 Å². The molecule has 3 aromatic carbocycles. The highest BCUT2D eigenvalue weighted by Crippen LogP contribution is 2.32. The van der Waals surface area contributed by atoms with Crippen LogP contribution in [0.25, 0.3) is 11.1 Å². The molecule has 0 bridgehead atoms. The van der Waals surface area contributed by atoms with Crippen LogP contribution in [0.1, 0.15) is 28.8 Å². The summed E-state index contributed by atoms with van der Waals surface area (Å²) in [6.07, 6.45) is -2.19. The van der Waals surface area contributed by atoms with E-state index >= 15 is 0 Å². The molecular formula is C27H27F3N4O2. The molecule has 9 heteroatoms. The molecule has 1 saturated heterocycles. The van der Waals surface area contributed by atoms with E-state index in [-0.39, 0.29) is 5.91 Å². The number of nitrogens with one attached hydrogen (secondary N) is 1. The van der Waals surface area contributed by atoms with E-state index in [0.29, 0.717) is 24.2 Å². The third-order valence-corrected chi connectivity index (χ3v) is 6.10. The van der Waals surface area contributed by atoms with Crippen LogP contribution in [0, 0.1) is 0 Å². The lowest BCUT2D eigenvalue weighted by Crippen LogP contribution is -2.56. The largest absolute Gasteiger partial charge is 0.416 e. The Bertz CT molecular complexity index is 1210. The van der Waals surface area contributed by atoms with Crippen LogP contribution >= 0.6 is 0 Å². The van der Waals surface area contributed by atoms with Gasteiger partial charge in [-0.1, -0.05) is 30.3 Å². The van der Waals surface area contributed by atoms with E-state index in [1.165, 1.54) is 17.0 Å². The predicted molar refractivity (Wildman–Crippen MR) is 133 cm³/mol. The number of nitrogens with zero attached hydrogens (tertiary/aromatic N) is 3. The molecule has 0 aliphatic carbocycles. The number of rotatable bonds is 6. The van der Waals surface area contributed by atoms with E-state index in [4.69, 9.17) is 0 Å². The van der Waals surface area contributed by atoms with Gasteiger partial charge >= 0.3 is 6.18 Å². The average Bonchev–Trinajstić information content (AvgIpc) is 2.88. The van der Waals surface area contributed by atoms with E-state index in [9.17, 15) is 22.8 Å². The Balaban J connectivity index is 1.60. The van der Waals surface area contributed by atoms with E-state index in [0.717, 1.165) is 41.7 Å². The van der Waals surface area contributed by atoms with Crippen molar-refractivity contribution in [2.24, 2.45) is 0 Å². The van der Waals surface area contributed by atoms with Gasteiger partial charge in [-0.2, -0.15) is 13.2 Å². The van der Waals surface area contributed by atoms with Gasteiger partial charge in [0.25, 0.3) is 5.91 Å². The van der Waals surface area contributed by atoms with Crippen LogP contribution in [0.5, 0.6) is 0 Å². The van der Waals surface area contributed by atoms with Crippen LogP contribution < -0.4 is 10.4 Å². The lowest BCUT2D eigenvalue weighted by molar-refractivity contribution is -0.137. The first-order valence-corrected chi connectivity index (χ1v) is 11.6. The average molecular weight is 497 g/mol. The molecule has 1 fully saturated rings. The Morgan fingerprint density at radius 2 is 1.67 bits per heavy atom. The van der Waals surface area contributed by atoms with E-state index in [1.54, 1.807) is 25.3 Å². The summed E-state index contributed by atoms with van der Waals surface area (Å²) < 4.78 is 38.8. The van der Waals surface area contributed by atoms with Crippen LogP contribution in [0.15, 0.2) is 72.8 Å². The third-order valence-electron chi connectivity index (χ3n) is 6.10. The number of aldehydes is 1. The Labute approximate surface area is 207 Å². The van der Waals surface area contributed by atoms with Gasteiger partial charge in [0, 0.05) is 26.2 Å². The summed E-state index contributed by atoms with van der Waals surface area (Å²) in [5.41, 5.74) is 5.89. The molecule has 0 saturated carbocycles. The minimum Gasteiger partial charge on any atom is -0.345 e. The first-order valence-electron chi connectivity index (χ1n) is 11.6. The predicted octanol–water partition coefficient (Wildman–Crippen LogP) is 5.49. The van der Waals surface area contributed by atoms with Crippen molar-refractivity contribution in [3.8, 4) is 11.1 Å². The standard InChI is InChI=1S/C27H27F3N4O2/c1-32(2)26(36)25-8-4-3-7-24(25)19-9-15-22(16-10-19)33-17-5-6-23(18-35)34(33)31-21-13-11-20(12-14-21)27(28,29)30/h3-4,7-16,18,23,31H,5-6,17H2,1-2H3. The summed E-state index contributed by atoms with van der Waals surface area (Å²) in [5.74, 6) is -0.0913. The molecule has 1 heterocycles. The van der Waals surface area contributed by atoms with Crippen molar-refractivity contribution in [3.05, 3.63) is 83.9 Å². The summed E-state index contributed by atoms with van der Waals surface area (Å²) in [5, 5.41) is 3.57. The maximum absolute atomic E-state index is 12.9. The fraction of sp³-hybridized carbons (Fsp3) is 0.259. The summed E-state index contributed by atoms with van der Waals surface area (Å²) >= 11 is 0. The number of anilines is 2. The zero-order valence-corrected chi connectivity index (χ0v) is 20.0. The fourth-order valence-electron chi connectivity index (χ4n) is 4.22. The van der Waals surface area contributed by atoms with Gasteiger partial charge in [0.2, 0.25) is 0 Å². The first-order chi connectivity index (χ1) is 17.2. The number of hydrogen-bond donors (Lipinski definition) is 1. The van der Waals surface area contributed by atoms with Crippen molar-refractivity contribution in [2.45, 2.75) is 25.1 Å². The zero-order chi connectivity index (χ0) is 25.9. The van der Waals surface area contributed by atoms with Gasteiger partial charge in [0.15, 0.2) is 0 Å². The molecule has 1 N–H and O–H groups in total. The lowest BCUT2D eigenvalue weighted by atomic mass is 9.98. The summed E-state index contributed by atoms with van der Waals surface area (Å²) in [4.78, 5) is 26.0. The fourth-order valence-corrected chi connectivity index (χ4v) is 4.22. The number of hydrogen-bond acceptors (Lipinski definition) is 5. The van der Waals surface area contributed by atoms with Gasteiger partial charge in [-0.05, 0) is 66.4 Å². The molecule has 1 aliphatic rings. The lowest BCUT2D eigenvalue weighted by Gasteiger charge is -2.43. The van der Waals surface area contributed by atoms with Crippen LogP contribution in [0.4, 0.5) is 24.5 Å². The van der Waals surface area contributed by atoms with Crippen molar-refractivity contribution in [2.75, 3.05) is 31.1 Å². The van der Waals surface area contributed by atoms with Crippen molar-refractivity contribution in [1.29, 1.82) is 0 Å². The normalized spacial score (nSPS) is 16.5. The van der Waals surface area contributed by atoms with Gasteiger partial charge in [-0.3, -0.25) is 9.80 Å². The molecule has 1 atom stereocenters. The van der Waals surface area contributed by atoms with Crippen LogP contribution in [-0.2, 0) is 11.0 Å². The Morgan fingerprint density at radius 1 is 1.00 bits per heavy atom. The highest BCUT2D eigenvalue weighted by atomic mass is 19.4. The van der Waals surface area contributed by atoms with Crippen molar-refractivity contribution >= 4 is 23.6 Å². The second-order valence-corrected chi connectivity index (χ2v) is 8.79. The highest BCUT2D eigenvalue weighted by Gasteiger charge is 2.31. The van der Waals surface area contributed by atoms with Crippen molar-refractivity contribution in [1.82, 2.24) is 10.0 Å². The number of alkyl halides is 3. The SMILES string of the molecule is CN(C)C(=O)c1ccccc1-c1ccc(N2CCCC(C=O)N2Nc2ccc(C(F)(F)F)cc2)cc1. The number of amides is 1. The zero-order valence-electron chi connectivity index (χ0n) is 20.0. The highest BCUT2D eigenvalue weighted by molar-refractivity contribution is 6.00. The second kappa shape index (κ2) is 10.4. The molecule has 0 aromatic heterocycles. The quantitative estimate of drug-likeness (QED) is 0.458. The molecule has 36 heavy (non-hydrogen) atoms. The molecule has 6 nitrogen and oxygen atoms in total. The minimum atomic E-state index is -4.42. The van der Waals surface area contributed by atoms with Gasteiger partial charge < -0.3 is 15.1 Å². The molecule has 3 aromatic rings. The smallest absolute Gasteiger partial charge is 0.345 e. The van der Waals surface area contributed by atoms with Crippen LogP contribution in [0.3, 0.4) is 0 Å². The molecule has 1 unspecified atom stereocenters. The second-order valence-electron chi connectivity index (χ2n) is 8.79. The Morgan fingerprint density at radius 3 is 2.28 bits per heavy atom. The Kier molecular flexibility index (Phi) is 7.30. The molecule has 1 amide bonds. The molecule has 188 valence electrons. The number of carbonyl (C=O) groups is 2. The van der Waals surface area contributed by atoms with Crippen molar-refractivity contribution in [3.63, 3.8) is 0 Å². The molecule has 0 radical (unpaired) electrons. The maximum Gasteiger partial charge on any atom is 0.416 e. The first kappa shape index (κ1) is 25.2. The molecular weight excluding hydrogens is 469 g/mol. The Hall–Kier alpha value is -3.85.